The molecule has 0 heterocycles. The number of benzene rings is 1. The third-order valence-electron chi connectivity index (χ3n) is 1.79. The molecule has 0 bridgehead atoms. The summed E-state index contributed by atoms with van der Waals surface area (Å²) in [7, 11) is 0. The minimum absolute atomic E-state index is 0.344. The summed E-state index contributed by atoms with van der Waals surface area (Å²) in [4.78, 5) is 0. The van der Waals surface area contributed by atoms with Crippen molar-refractivity contribution in [1.82, 2.24) is 0 Å². The van der Waals surface area contributed by atoms with Crippen LogP contribution < -0.4 is 16.6 Å². The second kappa shape index (κ2) is 4.43. The van der Waals surface area contributed by atoms with Gasteiger partial charge in [-0.15, -0.1) is 0 Å². The summed E-state index contributed by atoms with van der Waals surface area (Å²) in [6.07, 6.45) is 1.36. The fraction of sp³-hybridized carbons (Fsp3) is 0.111. The molecule has 0 atom stereocenters. The molecule has 14 heavy (non-hydrogen) atoms. The molecule has 0 spiro atoms. The maximum atomic E-state index is 12.9. The zero-order chi connectivity index (χ0) is 10.7. The molecule has 3 nitrogen and oxygen atoms in total. The lowest BCUT2D eigenvalue weighted by Gasteiger charge is -2.20. The van der Waals surface area contributed by atoms with E-state index in [-0.39, 0.29) is 5.82 Å². The summed E-state index contributed by atoms with van der Waals surface area (Å²) in [6, 6.07) is 4.27. The summed E-state index contributed by atoms with van der Waals surface area (Å²) >= 11 is 3.27. The Bertz CT molecular complexity index is 365. The monoisotopic (exact) mass is 259 g/mol. The van der Waals surface area contributed by atoms with Crippen molar-refractivity contribution < 1.29 is 4.39 Å². The van der Waals surface area contributed by atoms with Gasteiger partial charge in [-0.25, -0.2) is 10.2 Å². The highest BCUT2D eigenvalue weighted by Crippen LogP contribution is 2.26. The van der Waals surface area contributed by atoms with Crippen LogP contribution in [0.4, 0.5) is 10.1 Å². The van der Waals surface area contributed by atoms with Crippen molar-refractivity contribution in [2.45, 2.75) is 6.92 Å². The van der Waals surface area contributed by atoms with Crippen molar-refractivity contribution in [2.24, 2.45) is 11.6 Å². The van der Waals surface area contributed by atoms with E-state index in [1.807, 2.05) is 0 Å². The Kier molecular flexibility index (Phi) is 3.49. The molecule has 0 unspecified atom stereocenters. The number of allylic oxidation sites excluding steroid dienone is 1. The van der Waals surface area contributed by atoms with E-state index in [0.717, 1.165) is 0 Å². The van der Waals surface area contributed by atoms with Gasteiger partial charge in [-0.05, 0) is 35.0 Å². The van der Waals surface area contributed by atoms with Gasteiger partial charge in [0.25, 0.3) is 0 Å². The molecule has 0 fully saturated rings. The number of hydrazine groups is 1. The Morgan fingerprint density at radius 1 is 1.57 bits per heavy atom. The smallest absolute Gasteiger partial charge is 0.125 e. The number of nitrogens with zero attached hydrogens (tertiary/aromatic N) is 1. The maximum Gasteiger partial charge on any atom is 0.125 e. The van der Waals surface area contributed by atoms with Crippen molar-refractivity contribution in [1.29, 1.82) is 0 Å². The highest BCUT2D eigenvalue weighted by molar-refractivity contribution is 9.10. The van der Waals surface area contributed by atoms with Gasteiger partial charge in [0.15, 0.2) is 0 Å². The van der Waals surface area contributed by atoms with Crippen LogP contribution in [-0.4, -0.2) is 0 Å². The highest BCUT2D eigenvalue weighted by Gasteiger charge is 2.08. The molecule has 0 aromatic heterocycles. The lowest BCUT2D eigenvalue weighted by Crippen LogP contribution is -2.29. The molecule has 0 aliphatic heterocycles. The second-order valence-electron chi connectivity index (χ2n) is 2.77. The molecule has 0 aliphatic carbocycles. The van der Waals surface area contributed by atoms with Crippen molar-refractivity contribution in [3.8, 4) is 0 Å². The average molecular weight is 260 g/mol. The van der Waals surface area contributed by atoms with E-state index in [1.54, 1.807) is 13.0 Å². The van der Waals surface area contributed by atoms with Crippen molar-refractivity contribution in [2.75, 3.05) is 5.01 Å². The third kappa shape index (κ3) is 2.24. The zero-order valence-corrected chi connectivity index (χ0v) is 9.25. The number of anilines is 1. The molecular weight excluding hydrogens is 249 g/mol. The van der Waals surface area contributed by atoms with E-state index in [2.05, 4.69) is 15.9 Å². The quantitative estimate of drug-likeness (QED) is 0.632. The van der Waals surface area contributed by atoms with Crippen LogP contribution in [0.3, 0.4) is 0 Å². The summed E-state index contributed by atoms with van der Waals surface area (Å²) < 4.78 is 13.6. The Labute approximate surface area is 90.3 Å². The lowest BCUT2D eigenvalue weighted by molar-refractivity contribution is 0.627. The fourth-order valence-corrected chi connectivity index (χ4v) is 1.38. The first-order valence-electron chi connectivity index (χ1n) is 3.94. The minimum atomic E-state index is -0.344. The standard InChI is InChI=1S/C9H11BrFN3/c1-6(5-12)14(13)9-4-7(11)2-3-8(9)10/h2-5H,12-13H2,1H3/b6-5-. The third-order valence-corrected chi connectivity index (χ3v) is 2.46. The Balaban J connectivity index is 3.12. The van der Waals surface area contributed by atoms with Crippen molar-refractivity contribution >= 4 is 21.6 Å². The summed E-state index contributed by atoms with van der Waals surface area (Å²) in [5, 5.41) is 1.31. The predicted octanol–water partition coefficient (Wildman–Crippen LogP) is 2.09. The van der Waals surface area contributed by atoms with Gasteiger partial charge in [-0.1, -0.05) is 0 Å². The molecule has 1 rings (SSSR count). The minimum Gasteiger partial charge on any atom is -0.403 e. The van der Waals surface area contributed by atoms with Crippen LogP contribution in [0.1, 0.15) is 6.92 Å². The van der Waals surface area contributed by atoms with Crippen molar-refractivity contribution in [3.63, 3.8) is 0 Å². The van der Waals surface area contributed by atoms with Crippen LogP contribution in [0.25, 0.3) is 0 Å². The van der Waals surface area contributed by atoms with Crippen molar-refractivity contribution in [3.05, 3.63) is 40.4 Å². The number of rotatable bonds is 2. The average Bonchev–Trinajstić information content (AvgIpc) is 2.19. The summed E-state index contributed by atoms with van der Waals surface area (Å²) in [5.41, 5.74) is 6.47. The van der Waals surface area contributed by atoms with E-state index in [9.17, 15) is 4.39 Å². The van der Waals surface area contributed by atoms with Gasteiger partial charge in [-0.3, -0.25) is 5.01 Å². The Hall–Kier alpha value is -1.07. The Morgan fingerprint density at radius 3 is 2.79 bits per heavy atom. The van der Waals surface area contributed by atoms with Crippen LogP contribution in [0.5, 0.6) is 0 Å². The van der Waals surface area contributed by atoms with Gasteiger partial charge in [0.1, 0.15) is 5.82 Å². The first kappa shape index (κ1) is 11.0. The van der Waals surface area contributed by atoms with E-state index in [4.69, 9.17) is 11.6 Å². The van der Waals surface area contributed by atoms with Crippen LogP contribution in [0, 0.1) is 5.82 Å². The molecule has 0 saturated heterocycles. The molecule has 4 N–H and O–H groups in total. The largest absolute Gasteiger partial charge is 0.403 e. The molecule has 0 radical (unpaired) electrons. The summed E-state index contributed by atoms with van der Waals surface area (Å²) in [5.74, 6) is 5.36. The molecule has 0 amide bonds. The summed E-state index contributed by atoms with van der Waals surface area (Å²) in [6.45, 7) is 1.73. The molecule has 1 aromatic rings. The van der Waals surface area contributed by atoms with E-state index in [0.29, 0.717) is 15.9 Å². The van der Waals surface area contributed by atoms with E-state index >= 15 is 0 Å². The van der Waals surface area contributed by atoms with Gasteiger partial charge >= 0.3 is 0 Å². The van der Waals surface area contributed by atoms with Gasteiger partial charge in [-0.2, -0.15) is 0 Å². The molecule has 0 aliphatic rings. The van der Waals surface area contributed by atoms with Gasteiger partial charge in [0.05, 0.1) is 5.69 Å². The molecule has 0 saturated carbocycles. The fourth-order valence-electron chi connectivity index (χ4n) is 0.941. The second-order valence-corrected chi connectivity index (χ2v) is 3.63. The normalized spacial score (nSPS) is 11.6. The van der Waals surface area contributed by atoms with E-state index < -0.39 is 0 Å². The molecule has 76 valence electrons. The van der Waals surface area contributed by atoms with Crippen LogP contribution in [0.15, 0.2) is 34.6 Å². The first-order chi connectivity index (χ1) is 6.56. The SMILES string of the molecule is C/C(=C/N)N(N)c1cc(F)ccc1Br. The number of hydrogen-bond acceptors (Lipinski definition) is 3. The predicted molar refractivity (Wildman–Crippen MR) is 58.7 cm³/mol. The Morgan fingerprint density at radius 2 is 2.21 bits per heavy atom. The number of halogens is 2. The van der Waals surface area contributed by atoms with Crippen LogP contribution in [-0.2, 0) is 0 Å². The van der Waals surface area contributed by atoms with Gasteiger partial charge in [0.2, 0.25) is 0 Å². The molecule has 1 aromatic carbocycles. The van der Waals surface area contributed by atoms with E-state index in [1.165, 1.54) is 23.3 Å². The van der Waals surface area contributed by atoms with Crippen LogP contribution >= 0.6 is 15.9 Å². The first-order valence-corrected chi connectivity index (χ1v) is 4.74. The number of nitrogens with two attached hydrogens (primary N) is 2. The lowest BCUT2D eigenvalue weighted by atomic mass is 10.3. The number of hydrogen-bond donors (Lipinski definition) is 2. The molecular formula is C9H11BrFN3. The van der Waals surface area contributed by atoms with Gasteiger partial charge < -0.3 is 5.73 Å². The maximum absolute atomic E-state index is 12.9. The van der Waals surface area contributed by atoms with Crippen LogP contribution in [0.2, 0.25) is 0 Å². The highest BCUT2D eigenvalue weighted by atomic mass is 79.9. The zero-order valence-electron chi connectivity index (χ0n) is 7.67. The molecule has 5 heteroatoms. The van der Waals surface area contributed by atoms with Gasteiger partial charge in [0, 0.05) is 22.4 Å². The topological polar surface area (TPSA) is 55.3 Å².